The Labute approximate surface area is 61.7 Å². The van der Waals surface area contributed by atoms with Crippen LogP contribution in [0.3, 0.4) is 0 Å². The average molecular weight is 164 g/mol. The predicted molar refractivity (Wildman–Crippen MR) is 33.0 cm³/mol. The topological polar surface area (TPSA) is 17.8 Å². The molecule has 2 nitrogen and oxygen atoms in total. The third kappa shape index (κ3) is 1.96. The molecule has 0 aliphatic rings. The van der Waals surface area contributed by atoms with Gasteiger partial charge in [0, 0.05) is 0 Å². The van der Waals surface area contributed by atoms with E-state index in [1.54, 1.807) is 0 Å². The number of alkyl halides is 3. The smallest absolute Gasteiger partial charge is 0.256 e. The maximum Gasteiger partial charge on any atom is 0.256 e. The molecule has 1 aromatic heterocycles. The molecule has 0 bridgehead atoms. The Morgan fingerprint density at radius 1 is 1.55 bits per heavy atom. The summed E-state index contributed by atoms with van der Waals surface area (Å²) in [5.74, 6) is 0. The molecule has 0 saturated heterocycles. The molecule has 0 unspecified atom stereocenters. The number of hydrogen-bond acceptors (Lipinski definition) is 1. The molecule has 0 aromatic carbocycles. The zero-order valence-corrected chi connectivity index (χ0v) is 5.67. The fourth-order valence-electron chi connectivity index (χ4n) is 0.773. The minimum atomic E-state index is -2.46. The zero-order valence-electron chi connectivity index (χ0n) is 5.67. The number of nitrogens with zero attached hydrogens (tertiary/aromatic N) is 2. The van der Waals surface area contributed by atoms with E-state index in [4.69, 9.17) is 0 Å². The highest BCUT2D eigenvalue weighted by Crippen LogP contribution is 2.04. The van der Waals surface area contributed by atoms with Gasteiger partial charge in [-0.1, -0.05) is 0 Å². The second kappa shape index (κ2) is 3.41. The lowest BCUT2D eigenvalue weighted by atomic mass is 10.5. The van der Waals surface area contributed by atoms with Crippen molar-refractivity contribution in [3.05, 3.63) is 18.2 Å². The Morgan fingerprint density at radius 3 is 2.82 bits per heavy atom. The number of hydrogen-bond donors (Lipinski definition) is 0. The summed E-state index contributed by atoms with van der Waals surface area (Å²) in [7, 11) is 0. The van der Waals surface area contributed by atoms with Crippen LogP contribution in [0.5, 0.6) is 0 Å². The number of imidazole rings is 1. The lowest BCUT2D eigenvalue weighted by Crippen LogP contribution is -2.07. The van der Waals surface area contributed by atoms with Crippen LogP contribution in [0.1, 0.15) is 5.69 Å². The first-order chi connectivity index (χ1) is 5.24. The first-order valence-corrected chi connectivity index (χ1v) is 3.07. The molecule has 0 amide bonds. The molecule has 0 aliphatic carbocycles. The van der Waals surface area contributed by atoms with E-state index >= 15 is 0 Å². The van der Waals surface area contributed by atoms with Crippen molar-refractivity contribution in [3.8, 4) is 0 Å². The largest absolute Gasteiger partial charge is 0.327 e. The second-order valence-corrected chi connectivity index (χ2v) is 2.06. The van der Waals surface area contributed by atoms with Crippen molar-refractivity contribution in [1.82, 2.24) is 9.55 Å². The molecule has 0 fully saturated rings. The minimum Gasteiger partial charge on any atom is -0.327 e. The molecule has 0 radical (unpaired) electrons. The molecule has 0 N–H and O–H groups in total. The highest BCUT2D eigenvalue weighted by atomic mass is 19.3. The van der Waals surface area contributed by atoms with E-state index in [1.165, 1.54) is 12.5 Å². The Balaban J connectivity index is 2.68. The van der Waals surface area contributed by atoms with Crippen molar-refractivity contribution < 1.29 is 13.2 Å². The summed E-state index contributed by atoms with van der Waals surface area (Å²) in [6, 6.07) is 0. The summed E-state index contributed by atoms with van der Waals surface area (Å²) in [6.07, 6.45) is -0.0294. The molecular formula is C6H7F3N2. The lowest BCUT2D eigenvalue weighted by Gasteiger charge is -2.02. The summed E-state index contributed by atoms with van der Waals surface area (Å²) >= 11 is 0. The van der Waals surface area contributed by atoms with Crippen LogP contribution in [0.2, 0.25) is 0 Å². The van der Waals surface area contributed by atoms with Gasteiger partial charge >= 0.3 is 0 Å². The summed E-state index contributed by atoms with van der Waals surface area (Å²) in [5.41, 5.74) is 0.185. The summed E-state index contributed by atoms with van der Waals surface area (Å²) in [5, 5.41) is 0. The van der Waals surface area contributed by atoms with Gasteiger partial charge in [0.15, 0.2) is 0 Å². The van der Waals surface area contributed by atoms with Crippen molar-refractivity contribution in [2.75, 3.05) is 0 Å². The Kier molecular flexibility index (Phi) is 2.51. The minimum absolute atomic E-state index is 0.185. The maximum absolute atomic E-state index is 12.0. The molecule has 0 spiro atoms. The first kappa shape index (κ1) is 8.10. The van der Waals surface area contributed by atoms with Gasteiger partial charge in [-0.25, -0.2) is 18.2 Å². The lowest BCUT2D eigenvalue weighted by molar-refractivity contribution is 0.125. The highest BCUT2D eigenvalue weighted by Gasteiger charge is 2.07. The van der Waals surface area contributed by atoms with Crippen LogP contribution in [0.4, 0.5) is 13.2 Å². The van der Waals surface area contributed by atoms with Crippen molar-refractivity contribution in [1.29, 1.82) is 0 Å². The molecule has 62 valence electrons. The second-order valence-electron chi connectivity index (χ2n) is 2.06. The normalized spacial score (nSPS) is 10.9. The Morgan fingerprint density at radius 2 is 2.27 bits per heavy atom. The molecule has 0 saturated carbocycles. The van der Waals surface area contributed by atoms with E-state index in [0.29, 0.717) is 0 Å². The monoisotopic (exact) mass is 164 g/mol. The van der Waals surface area contributed by atoms with E-state index in [9.17, 15) is 13.2 Å². The maximum atomic E-state index is 12.0. The fourth-order valence-corrected chi connectivity index (χ4v) is 0.773. The number of halogens is 3. The van der Waals surface area contributed by atoms with Crippen LogP contribution >= 0.6 is 0 Å². The van der Waals surface area contributed by atoms with Gasteiger partial charge < -0.3 is 4.57 Å². The molecule has 1 rings (SSSR count). The van der Waals surface area contributed by atoms with Gasteiger partial charge in [-0.3, -0.25) is 0 Å². The van der Waals surface area contributed by atoms with Crippen LogP contribution in [0.15, 0.2) is 12.5 Å². The van der Waals surface area contributed by atoms with Crippen molar-refractivity contribution >= 4 is 0 Å². The molecule has 11 heavy (non-hydrogen) atoms. The summed E-state index contributed by atoms with van der Waals surface area (Å²) in [4.78, 5) is 3.54. The van der Waals surface area contributed by atoms with E-state index in [0.717, 1.165) is 4.57 Å². The molecule has 0 aliphatic heterocycles. The average Bonchev–Trinajstić information content (AvgIpc) is 2.34. The summed E-state index contributed by atoms with van der Waals surface area (Å²) in [6.45, 7) is -1.24. The van der Waals surface area contributed by atoms with Crippen molar-refractivity contribution in [2.45, 2.75) is 19.6 Å². The van der Waals surface area contributed by atoms with E-state index in [2.05, 4.69) is 4.98 Å². The van der Waals surface area contributed by atoms with E-state index in [-0.39, 0.29) is 5.69 Å². The predicted octanol–water partition coefficient (Wildman–Crippen LogP) is 1.62. The highest BCUT2D eigenvalue weighted by molar-refractivity contribution is 4.96. The van der Waals surface area contributed by atoms with E-state index < -0.39 is 19.6 Å². The van der Waals surface area contributed by atoms with Crippen molar-refractivity contribution in [3.63, 3.8) is 0 Å². The Bertz CT molecular complexity index is 221. The van der Waals surface area contributed by atoms with Gasteiger partial charge in [-0.2, -0.15) is 0 Å². The van der Waals surface area contributed by atoms with Gasteiger partial charge in [0.25, 0.3) is 6.43 Å². The van der Waals surface area contributed by atoms with Crippen LogP contribution in [-0.2, 0) is 13.2 Å². The third-order valence-corrected chi connectivity index (χ3v) is 1.27. The molecule has 0 atom stereocenters. The molecule has 1 heterocycles. The molecule has 1 aromatic rings. The van der Waals surface area contributed by atoms with Gasteiger partial charge in [0.05, 0.1) is 24.8 Å². The van der Waals surface area contributed by atoms with Crippen molar-refractivity contribution in [2.24, 2.45) is 0 Å². The summed E-state index contributed by atoms with van der Waals surface area (Å²) < 4.78 is 36.6. The zero-order chi connectivity index (χ0) is 8.27. The number of rotatable bonds is 3. The third-order valence-electron chi connectivity index (χ3n) is 1.27. The first-order valence-electron chi connectivity index (χ1n) is 3.07. The molecular weight excluding hydrogens is 157 g/mol. The number of aromatic nitrogens is 2. The van der Waals surface area contributed by atoms with Crippen LogP contribution in [0, 0.1) is 0 Å². The SMILES string of the molecule is FCc1cncn1CC(F)F. The van der Waals surface area contributed by atoms with Gasteiger partial charge in [-0.05, 0) is 0 Å². The quantitative estimate of drug-likeness (QED) is 0.663. The molecule has 5 heteroatoms. The van der Waals surface area contributed by atoms with Crippen LogP contribution < -0.4 is 0 Å². The van der Waals surface area contributed by atoms with Crippen LogP contribution in [0.25, 0.3) is 0 Å². The standard InChI is InChI=1S/C6H7F3N2/c7-1-5-2-10-4-11(5)3-6(8)9/h2,4,6H,1,3H2. The fraction of sp³-hybridized carbons (Fsp3) is 0.500. The van der Waals surface area contributed by atoms with Gasteiger partial charge in [0.1, 0.15) is 6.67 Å². The Hall–Kier alpha value is -1.00. The van der Waals surface area contributed by atoms with Gasteiger partial charge in [0.2, 0.25) is 0 Å². The van der Waals surface area contributed by atoms with Crippen LogP contribution in [-0.4, -0.2) is 16.0 Å². The van der Waals surface area contributed by atoms with Gasteiger partial charge in [-0.15, -0.1) is 0 Å². The van der Waals surface area contributed by atoms with E-state index in [1.807, 2.05) is 0 Å².